The van der Waals surface area contributed by atoms with Crippen molar-refractivity contribution in [3.8, 4) is 0 Å². The highest BCUT2D eigenvalue weighted by Crippen LogP contribution is 2.24. The van der Waals surface area contributed by atoms with Gasteiger partial charge in [-0.15, -0.1) is 0 Å². The van der Waals surface area contributed by atoms with E-state index in [2.05, 4.69) is 20.6 Å². The van der Waals surface area contributed by atoms with Gasteiger partial charge in [0.1, 0.15) is 18.2 Å². The van der Waals surface area contributed by atoms with Crippen molar-refractivity contribution in [2.75, 3.05) is 38.7 Å². The summed E-state index contributed by atoms with van der Waals surface area (Å²) >= 11 is 5.96. The first-order valence-corrected chi connectivity index (χ1v) is 12.0. The predicted octanol–water partition coefficient (Wildman–Crippen LogP) is 3.65. The molecule has 3 heterocycles. The Morgan fingerprint density at radius 1 is 1.24 bits per heavy atom. The van der Waals surface area contributed by atoms with Crippen LogP contribution in [0.3, 0.4) is 0 Å². The number of methoxy groups -OCH3 is 1. The molecule has 2 saturated heterocycles. The van der Waals surface area contributed by atoms with Crippen LogP contribution in [0.25, 0.3) is 0 Å². The van der Waals surface area contributed by atoms with E-state index in [1.54, 1.807) is 43.2 Å². The molecule has 2 atom stereocenters. The second-order valence-corrected chi connectivity index (χ2v) is 9.14. The molecule has 2 N–H and O–H groups in total. The lowest BCUT2D eigenvalue weighted by Gasteiger charge is -2.38. The van der Waals surface area contributed by atoms with Crippen LogP contribution in [-0.2, 0) is 16.1 Å². The number of carbonyl (C=O) groups excluding carboxylic acids is 1. The lowest BCUT2D eigenvalue weighted by molar-refractivity contribution is -0.0533. The van der Waals surface area contributed by atoms with Gasteiger partial charge in [0.2, 0.25) is 0 Å². The van der Waals surface area contributed by atoms with E-state index in [9.17, 15) is 9.18 Å². The van der Waals surface area contributed by atoms with Crippen LogP contribution in [0.5, 0.6) is 0 Å². The van der Waals surface area contributed by atoms with E-state index >= 15 is 0 Å². The van der Waals surface area contributed by atoms with Gasteiger partial charge in [-0.25, -0.2) is 14.4 Å². The molecule has 2 fully saturated rings. The number of nitrogens with one attached hydrogen (secondary N) is 2. The molecule has 2 aliphatic rings. The molecule has 4 rings (SSSR count). The number of hydrogen-bond acceptors (Lipinski definition) is 7. The van der Waals surface area contributed by atoms with Crippen molar-refractivity contribution in [1.82, 2.24) is 20.2 Å². The van der Waals surface area contributed by atoms with E-state index in [0.717, 1.165) is 31.6 Å². The van der Waals surface area contributed by atoms with E-state index in [-0.39, 0.29) is 29.6 Å². The Kier molecular flexibility index (Phi) is 8.31. The quantitative estimate of drug-likeness (QED) is 0.611. The van der Waals surface area contributed by atoms with Gasteiger partial charge in [-0.3, -0.25) is 4.79 Å². The minimum Gasteiger partial charge on any atom is -0.379 e. The van der Waals surface area contributed by atoms with Gasteiger partial charge in [-0.1, -0.05) is 11.6 Å². The topological polar surface area (TPSA) is 88.6 Å². The number of nitrogens with zero attached hydrogens (tertiary/aromatic N) is 3. The monoisotopic (exact) mass is 491 g/mol. The molecule has 184 valence electrons. The molecule has 0 bridgehead atoms. The summed E-state index contributed by atoms with van der Waals surface area (Å²) < 4.78 is 24.6. The molecule has 0 aliphatic carbocycles. The number of ether oxygens (including phenoxy) is 2. The Morgan fingerprint density at radius 3 is 2.65 bits per heavy atom. The van der Waals surface area contributed by atoms with Crippen molar-refractivity contribution < 1.29 is 18.7 Å². The number of carbonyl (C=O) groups is 1. The van der Waals surface area contributed by atoms with Crippen LogP contribution in [0, 0.1) is 6.92 Å². The molecular formula is C24H31ClFN5O3. The standard InChI is InChI=1S/C24H31ClFN5O3/c1-15-22(29-21(13-26)30-23(15)28-17-5-3-16(25)4-6-17)24(32)31-10-7-18(8-11-31)27-19-9-12-34-14-20(19)33-2/h3-6,18-20,27H,7-14H2,1-2H3,(H,28,29,30). The normalized spacial score (nSPS) is 21.5. The van der Waals surface area contributed by atoms with Crippen molar-refractivity contribution in [2.45, 2.75) is 51.0 Å². The number of halogens is 2. The molecule has 2 aromatic rings. The molecule has 1 aromatic carbocycles. The summed E-state index contributed by atoms with van der Waals surface area (Å²) in [7, 11) is 1.71. The van der Waals surface area contributed by atoms with Crippen LogP contribution in [-0.4, -0.2) is 72.4 Å². The molecule has 2 aliphatic heterocycles. The van der Waals surface area contributed by atoms with Crippen LogP contribution in [0.4, 0.5) is 15.9 Å². The van der Waals surface area contributed by atoms with E-state index < -0.39 is 6.67 Å². The van der Waals surface area contributed by atoms with Crippen LogP contribution in [0.15, 0.2) is 24.3 Å². The minimum atomic E-state index is -0.854. The first-order chi connectivity index (χ1) is 16.5. The van der Waals surface area contributed by atoms with Gasteiger partial charge in [0.05, 0.1) is 12.7 Å². The summed E-state index contributed by atoms with van der Waals surface area (Å²) in [5.41, 5.74) is 1.56. The Balaban J connectivity index is 1.43. The van der Waals surface area contributed by atoms with Gasteiger partial charge in [0.15, 0.2) is 5.82 Å². The Morgan fingerprint density at radius 2 is 1.97 bits per heavy atom. The van der Waals surface area contributed by atoms with Gasteiger partial charge in [0.25, 0.3) is 5.91 Å². The van der Waals surface area contributed by atoms with Gasteiger partial charge in [-0.05, 0) is 50.5 Å². The maximum atomic E-state index is 13.5. The molecule has 34 heavy (non-hydrogen) atoms. The van der Waals surface area contributed by atoms with E-state index in [0.29, 0.717) is 42.1 Å². The average molecular weight is 492 g/mol. The highest BCUT2D eigenvalue weighted by molar-refractivity contribution is 6.30. The lowest BCUT2D eigenvalue weighted by Crippen LogP contribution is -2.54. The van der Waals surface area contributed by atoms with Gasteiger partial charge in [-0.2, -0.15) is 0 Å². The zero-order chi connectivity index (χ0) is 24.1. The fraction of sp³-hybridized carbons (Fsp3) is 0.542. The third-order valence-electron chi connectivity index (χ3n) is 6.46. The van der Waals surface area contributed by atoms with Gasteiger partial charge < -0.3 is 25.0 Å². The van der Waals surface area contributed by atoms with Crippen LogP contribution >= 0.6 is 11.6 Å². The Bertz CT molecular complexity index is 985. The molecule has 10 heteroatoms. The van der Waals surface area contributed by atoms with Crippen molar-refractivity contribution in [2.24, 2.45) is 0 Å². The average Bonchev–Trinajstić information content (AvgIpc) is 2.87. The highest BCUT2D eigenvalue weighted by Gasteiger charge is 2.31. The molecule has 0 spiro atoms. The first kappa shape index (κ1) is 24.8. The summed E-state index contributed by atoms with van der Waals surface area (Å²) in [5.74, 6) is 0.190. The van der Waals surface area contributed by atoms with Crippen LogP contribution in [0.1, 0.15) is 41.1 Å². The molecule has 0 saturated carbocycles. The lowest BCUT2D eigenvalue weighted by atomic mass is 9.99. The smallest absolute Gasteiger partial charge is 0.272 e. The summed E-state index contributed by atoms with van der Waals surface area (Å²) in [6, 6.07) is 7.64. The molecule has 2 unspecified atom stereocenters. The third kappa shape index (κ3) is 5.83. The number of hydrogen-bond donors (Lipinski definition) is 2. The number of amides is 1. The molecule has 1 aromatic heterocycles. The molecule has 1 amide bonds. The van der Waals surface area contributed by atoms with Crippen molar-refractivity contribution >= 4 is 29.0 Å². The SMILES string of the molecule is COC1COCCC1NC1CCN(C(=O)c2nc(CF)nc(Nc3ccc(Cl)cc3)c2C)CC1. The zero-order valence-electron chi connectivity index (χ0n) is 19.5. The van der Waals surface area contributed by atoms with Crippen molar-refractivity contribution in [3.05, 3.63) is 46.4 Å². The van der Waals surface area contributed by atoms with E-state index in [1.807, 2.05) is 0 Å². The number of aromatic nitrogens is 2. The predicted molar refractivity (Wildman–Crippen MR) is 128 cm³/mol. The van der Waals surface area contributed by atoms with Crippen molar-refractivity contribution in [1.29, 1.82) is 0 Å². The van der Waals surface area contributed by atoms with Crippen LogP contribution in [0.2, 0.25) is 5.02 Å². The Hall–Kier alpha value is -2.33. The number of piperidine rings is 1. The number of anilines is 2. The second-order valence-electron chi connectivity index (χ2n) is 8.70. The summed E-state index contributed by atoms with van der Waals surface area (Å²) in [4.78, 5) is 23.6. The Labute approximate surface area is 204 Å². The number of likely N-dealkylation sites (tertiary alicyclic amines) is 1. The number of alkyl halides is 1. The first-order valence-electron chi connectivity index (χ1n) is 11.6. The van der Waals surface area contributed by atoms with Crippen LogP contribution < -0.4 is 10.6 Å². The third-order valence-corrected chi connectivity index (χ3v) is 6.71. The summed E-state index contributed by atoms with van der Waals surface area (Å²) in [6.45, 7) is 3.45. The van der Waals surface area contributed by atoms with Gasteiger partial charge in [0, 0.05) is 55.2 Å². The van der Waals surface area contributed by atoms with E-state index in [4.69, 9.17) is 21.1 Å². The number of rotatable bonds is 7. The van der Waals surface area contributed by atoms with Gasteiger partial charge >= 0.3 is 0 Å². The van der Waals surface area contributed by atoms with E-state index in [1.165, 1.54) is 0 Å². The summed E-state index contributed by atoms with van der Waals surface area (Å²) in [5, 5.41) is 7.45. The number of benzene rings is 1. The molecule has 0 radical (unpaired) electrons. The highest BCUT2D eigenvalue weighted by atomic mass is 35.5. The maximum absolute atomic E-state index is 13.5. The largest absolute Gasteiger partial charge is 0.379 e. The molecular weight excluding hydrogens is 461 g/mol. The fourth-order valence-corrected chi connectivity index (χ4v) is 4.59. The molecule has 8 nitrogen and oxygen atoms in total. The summed E-state index contributed by atoms with van der Waals surface area (Å²) in [6.07, 6.45) is 2.61. The zero-order valence-corrected chi connectivity index (χ0v) is 20.3. The second kappa shape index (κ2) is 11.4. The minimum absolute atomic E-state index is 0.0212. The van der Waals surface area contributed by atoms with Crippen molar-refractivity contribution in [3.63, 3.8) is 0 Å². The maximum Gasteiger partial charge on any atom is 0.272 e. The fourth-order valence-electron chi connectivity index (χ4n) is 4.46.